The Kier molecular flexibility index (Phi) is 13.2. The Morgan fingerprint density at radius 2 is 1.84 bits per heavy atom. The van der Waals surface area contributed by atoms with Crippen LogP contribution >= 0.6 is 0 Å². The van der Waals surface area contributed by atoms with Gasteiger partial charge in [0.2, 0.25) is 0 Å². The van der Waals surface area contributed by atoms with Gasteiger partial charge < -0.3 is 39.7 Å². The van der Waals surface area contributed by atoms with Crippen molar-refractivity contribution >= 4 is 29.3 Å². The normalized spacial score (nSPS) is 19.8. The van der Waals surface area contributed by atoms with E-state index in [0.717, 1.165) is 24.8 Å². The van der Waals surface area contributed by atoms with Gasteiger partial charge in [0.1, 0.15) is 17.1 Å². The van der Waals surface area contributed by atoms with Crippen molar-refractivity contribution in [1.29, 1.82) is 0 Å². The number of benzene rings is 2. The summed E-state index contributed by atoms with van der Waals surface area (Å²) in [5.41, 5.74) is 2.88. The first-order valence-corrected chi connectivity index (χ1v) is 16.7. The van der Waals surface area contributed by atoms with Gasteiger partial charge in [-0.15, -0.1) is 0 Å². The molecule has 0 radical (unpaired) electrons. The molecule has 1 aliphatic heterocycles. The molecular weight excluding hydrogens is 630 g/mol. The lowest BCUT2D eigenvalue weighted by molar-refractivity contribution is -0.0177. The second kappa shape index (κ2) is 17.3. The molecule has 13 nitrogen and oxygen atoms in total. The van der Waals surface area contributed by atoms with Gasteiger partial charge in [-0.3, -0.25) is 9.69 Å². The van der Waals surface area contributed by atoms with E-state index >= 15 is 0 Å². The predicted octanol–water partition coefficient (Wildman–Crippen LogP) is 5.56. The van der Waals surface area contributed by atoms with Crippen LogP contribution in [0, 0.1) is 19.8 Å². The van der Waals surface area contributed by atoms with E-state index in [1.54, 1.807) is 56.0 Å². The van der Waals surface area contributed by atoms with Gasteiger partial charge in [0, 0.05) is 37.8 Å². The molecule has 2 aromatic carbocycles. The largest absolute Gasteiger partial charge is 0.490 e. The summed E-state index contributed by atoms with van der Waals surface area (Å²) in [4.78, 5) is 42.3. The molecule has 0 spiro atoms. The molecule has 4 N–H and O–H groups in total. The number of carboxylic acids is 1. The lowest BCUT2D eigenvalue weighted by Crippen LogP contribution is -2.47. The number of aliphatic hydroxyl groups is 1. The number of carboxylic acid groups (broad SMARTS) is 1. The Morgan fingerprint density at radius 3 is 2.49 bits per heavy atom. The summed E-state index contributed by atoms with van der Waals surface area (Å²) >= 11 is 0. The zero-order chi connectivity index (χ0) is 35.7. The van der Waals surface area contributed by atoms with Crippen molar-refractivity contribution in [3.05, 3.63) is 70.6 Å². The van der Waals surface area contributed by atoms with Crippen LogP contribution in [0.25, 0.3) is 0 Å². The molecule has 0 bridgehead atoms. The highest BCUT2D eigenvalue weighted by Gasteiger charge is 2.30. The lowest BCUT2D eigenvalue weighted by atomic mass is 10.0. The zero-order valence-corrected chi connectivity index (χ0v) is 29.2. The standard InChI is InChI=1S/C36H49N5O8/c1-22-18-41(23(2)21-42)34(43)30-17-29(37-36(46)38-33-25(4)39-49-26(33)5)14-15-31(30)48-24(3)9-7-8-16-47-32(22)20-40(6)19-27-10-12-28(13-11-27)35(44)45/h10-15,17,22-24,32,42H,7-9,16,18-21H2,1-6H3,(H,44,45)(H2,37,38,46)/t22-,23-,24-,32-/m0/s1. The van der Waals surface area contributed by atoms with Crippen molar-refractivity contribution in [2.24, 2.45) is 5.92 Å². The number of hydrogen-bond acceptors (Lipinski definition) is 9. The number of fused-ring (bicyclic) bond motifs is 1. The highest BCUT2D eigenvalue weighted by molar-refractivity contribution is 6.03. The van der Waals surface area contributed by atoms with E-state index < -0.39 is 18.0 Å². The van der Waals surface area contributed by atoms with E-state index in [4.69, 9.17) is 14.0 Å². The molecule has 0 saturated carbocycles. The molecule has 0 saturated heterocycles. The number of carbonyl (C=O) groups excluding carboxylic acids is 2. The summed E-state index contributed by atoms with van der Waals surface area (Å²) in [5.74, 6) is -0.556. The van der Waals surface area contributed by atoms with E-state index in [9.17, 15) is 24.6 Å². The summed E-state index contributed by atoms with van der Waals surface area (Å²) in [6, 6.07) is 10.8. The van der Waals surface area contributed by atoms with Crippen LogP contribution in [0.3, 0.4) is 0 Å². The highest BCUT2D eigenvalue weighted by Crippen LogP contribution is 2.29. The minimum Gasteiger partial charge on any atom is -0.490 e. The van der Waals surface area contributed by atoms with Gasteiger partial charge in [-0.25, -0.2) is 9.59 Å². The molecule has 0 aliphatic carbocycles. The van der Waals surface area contributed by atoms with Crippen LogP contribution in [0.2, 0.25) is 0 Å². The van der Waals surface area contributed by atoms with Gasteiger partial charge in [-0.1, -0.05) is 24.2 Å². The third-order valence-corrected chi connectivity index (χ3v) is 8.73. The van der Waals surface area contributed by atoms with Crippen LogP contribution in [-0.2, 0) is 11.3 Å². The van der Waals surface area contributed by atoms with Gasteiger partial charge in [0.25, 0.3) is 5.91 Å². The Hall–Kier alpha value is -4.46. The van der Waals surface area contributed by atoms with Crippen molar-refractivity contribution in [2.45, 2.75) is 78.7 Å². The third-order valence-electron chi connectivity index (χ3n) is 8.73. The molecule has 2 heterocycles. The number of aromatic carboxylic acids is 1. The number of rotatable bonds is 9. The fourth-order valence-corrected chi connectivity index (χ4v) is 5.84. The van der Waals surface area contributed by atoms with E-state index in [1.807, 2.05) is 33.0 Å². The topological polar surface area (TPSA) is 167 Å². The van der Waals surface area contributed by atoms with Crippen molar-refractivity contribution in [3.63, 3.8) is 0 Å². The number of aromatic nitrogens is 1. The van der Waals surface area contributed by atoms with Gasteiger partial charge in [0.05, 0.1) is 36.0 Å². The zero-order valence-electron chi connectivity index (χ0n) is 29.2. The number of aryl methyl sites for hydroxylation is 2. The molecule has 13 heteroatoms. The maximum Gasteiger partial charge on any atom is 0.335 e. The molecule has 1 aliphatic rings. The van der Waals surface area contributed by atoms with E-state index in [-0.39, 0.29) is 41.8 Å². The minimum atomic E-state index is -0.965. The van der Waals surface area contributed by atoms with Crippen LogP contribution in [0.5, 0.6) is 5.75 Å². The maximum atomic E-state index is 14.4. The monoisotopic (exact) mass is 679 g/mol. The average molecular weight is 680 g/mol. The number of likely N-dealkylation sites (N-methyl/N-ethyl adjacent to an activating group) is 1. The molecule has 1 aromatic heterocycles. The summed E-state index contributed by atoms with van der Waals surface area (Å²) in [6.45, 7) is 11.0. The number of aliphatic hydroxyl groups excluding tert-OH is 1. The summed E-state index contributed by atoms with van der Waals surface area (Å²) in [7, 11) is 1.98. The first-order chi connectivity index (χ1) is 23.4. The fourth-order valence-electron chi connectivity index (χ4n) is 5.84. The molecule has 0 unspecified atom stereocenters. The first-order valence-electron chi connectivity index (χ1n) is 16.7. The van der Waals surface area contributed by atoms with E-state index in [1.165, 1.54) is 0 Å². The molecule has 3 amide bonds. The Labute approximate surface area is 287 Å². The van der Waals surface area contributed by atoms with Crippen molar-refractivity contribution in [1.82, 2.24) is 15.0 Å². The quantitative estimate of drug-likeness (QED) is 0.225. The van der Waals surface area contributed by atoms with E-state index in [0.29, 0.717) is 54.8 Å². The molecule has 0 fully saturated rings. The SMILES string of the molecule is Cc1noc(C)c1NC(=O)Nc1ccc2c(c1)C(=O)N([C@@H](C)CO)C[C@H](C)[C@H](CN(C)Cc1ccc(C(=O)O)cc1)OCCCC[C@H](C)O2. The molecule has 266 valence electrons. The summed E-state index contributed by atoms with van der Waals surface area (Å²) in [6.07, 6.45) is 2.03. The van der Waals surface area contributed by atoms with Crippen molar-refractivity contribution in [3.8, 4) is 5.75 Å². The third kappa shape index (κ3) is 10.3. The summed E-state index contributed by atoms with van der Waals surface area (Å²) in [5, 5.41) is 28.9. The van der Waals surface area contributed by atoms with Crippen LogP contribution in [-0.4, -0.2) is 94.7 Å². The fraction of sp³-hybridized carbons (Fsp3) is 0.500. The smallest absolute Gasteiger partial charge is 0.335 e. The van der Waals surface area contributed by atoms with Crippen molar-refractivity contribution < 1.29 is 38.6 Å². The minimum absolute atomic E-state index is 0.122. The second-order valence-corrected chi connectivity index (χ2v) is 13.0. The van der Waals surface area contributed by atoms with Crippen LogP contribution in [0.4, 0.5) is 16.2 Å². The van der Waals surface area contributed by atoms with E-state index in [2.05, 4.69) is 20.7 Å². The number of ether oxygens (including phenoxy) is 2. The molecular formula is C36H49N5O8. The number of anilines is 2. The van der Waals surface area contributed by atoms with Gasteiger partial charge in [-0.2, -0.15) is 0 Å². The predicted molar refractivity (Wildman–Crippen MR) is 185 cm³/mol. The lowest BCUT2D eigenvalue weighted by Gasteiger charge is -2.36. The average Bonchev–Trinajstić information content (AvgIpc) is 3.38. The Bertz CT molecular complexity index is 1560. The van der Waals surface area contributed by atoms with Crippen molar-refractivity contribution in [2.75, 3.05) is 44.0 Å². The Balaban J connectivity index is 1.58. The Morgan fingerprint density at radius 1 is 1.10 bits per heavy atom. The number of nitrogens with one attached hydrogen (secondary N) is 2. The maximum absolute atomic E-state index is 14.4. The number of nitrogens with zero attached hydrogens (tertiary/aromatic N) is 3. The highest BCUT2D eigenvalue weighted by atomic mass is 16.5. The number of carbonyl (C=O) groups is 3. The summed E-state index contributed by atoms with van der Waals surface area (Å²) < 4.78 is 17.9. The molecule has 4 atom stereocenters. The van der Waals surface area contributed by atoms with Gasteiger partial charge in [-0.05, 0) is 89.9 Å². The van der Waals surface area contributed by atoms with Crippen LogP contribution < -0.4 is 15.4 Å². The second-order valence-electron chi connectivity index (χ2n) is 13.0. The van der Waals surface area contributed by atoms with Crippen LogP contribution in [0.1, 0.15) is 77.8 Å². The number of hydrogen-bond donors (Lipinski definition) is 4. The van der Waals surface area contributed by atoms with Gasteiger partial charge in [0.15, 0.2) is 5.76 Å². The molecule has 4 rings (SSSR count). The van der Waals surface area contributed by atoms with Gasteiger partial charge >= 0.3 is 12.0 Å². The number of amides is 3. The molecule has 3 aromatic rings. The van der Waals surface area contributed by atoms with Crippen LogP contribution in [0.15, 0.2) is 47.0 Å². The molecule has 49 heavy (non-hydrogen) atoms. The number of urea groups is 1. The first kappa shape index (κ1) is 37.4.